The number of benzene rings is 1. The van der Waals surface area contributed by atoms with Crippen molar-refractivity contribution in [3.63, 3.8) is 0 Å². The zero-order valence-corrected chi connectivity index (χ0v) is 16.2. The van der Waals surface area contributed by atoms with Crippen molar-refractivity contribution < 1.29 is 9.90 Å². The van der Waals surface area contributed by atoms with Gasteiger partial charge < -0.3 is 10.0 Å². The van der Waals surface area contributed by atoms with Gasteiger partial charge in [-0.3, -0.25) is 4.79 Å². The Morgan fingerprint density at radius 2 is 2.08 bits per heavy atom. The molecular formula is C20H27N3O2S. The molecular weight excluding hydrogens is 346 g/mol. The predicted octanol–water partition coefficient (Wildman–Crippen LogP) is 3.50. The number of unbranched alkanes of at least 4 members (excludes halogenated alkanes) is 1. The molecule has 140 valence electrons. The highest BCUT2D eigenvalue weighted by atomic mass is 32.1. The minimum Gasteiger partial charge on any atom is -0.508 e. The molecule has 1 fully saturated rings. The van der Waals surface area contributed by atoms with Crippen molar-refractivity contribution in [1.29, 1.82) is 0 Å². The maximum atomic E-state index is 13.1. The van der Waals surface area contributed by atoms with Gasteiger partial charge in [-0.2, -0.15) is 0 Å². The second-order valence-electron chi connectivity index (χ2n) is 6.81. The second kappa shape index (κ2) is 8.66. The van der Waals surface area contributed by atoms with Crippen LogP contribution in [0.25, 0.3) is 0 Å². The number of nitrogens with zero attached hydrogens (tertiary/aromatic N) is 1. The van der Waals surface area contributed by atoms with Gasteiger partial charge in [0.05, 0.1) is 12.6 Å². The summed E-state index contributed by atoms with van der Waals surface area (Å²) in [6.45, 7) is 5.66. The first-order valence-corrected chi connectivity index (χ1v) is 10.0. The van der Waals surface area contributed by atoms with Crippen LogP contribution in [0.5, 0.6) is 5.75 Å². The van der Waals surface area contributed by atoms with Crippen LogP contribution in [0.2, 0.25) is 0 Å². The molecule has 1 aromatic heterocycles. The number of hydrogen-bond acceptors (Lipinski definition) is 5. The number of nitrogens with one attached hydrogen (secondary N) is 2. The van der Waals surface area contributed by atoms with Crippen LogP contribution in [-0.4, -0.2) is 28.5 Å². The number of thiophene rings is 1. The van der Waals surface area contributed by atoms with Crippen molar-refractivity contribution in [2.75, 3.05) is 6.54 Å². The molecule has 0 spiro atoms. The average Bonchev–Trinajstić information content (AvgIpc) is 3.27. The van der Waals surface area contributed by atoms with Crippen LogP contribution in [0.4, 0.5) is 0 Å². The van der Waals surface area contributed by atoms with Crippen LogP contribution in [0.15, 0.2) is 36.4 Å². The SMILES string of the molecule is CCCCN(Cc1ccc(C)s1)C(=O)C1CC(c2ccccc2O)NN1. The van der Waals surface area contributed by atoms with Crippen molar-refractivity contribution in [3.05, 3.63) is 51.7 Å². The molecule has 3 N–H and O–H groups in total. The van der Waals surface area contributed by atoms with Gasteiger partial charge in [0, 0.05) is 21.9 Å². The average molecular weight is 374 g/mol. The van der Waals surface area contributed by atoms with E-state index in [0.717, 1.165) is 24.9 Å². The van der Waals surface area contributed by atoms with E-state index in [-0.39, 0.29) is 23.7 Å². The maximum Gasteiger partial charge on any atom is 0.241 e. The van der Waals surface area contributed by atoms with Gasteiger partial charge in [-0.25, -0.2) is 10.9 Å². The van der Waals surface area contributed by atoms with Crippen LogP contribution in [-0.2, 0) is 11.3 Å². The Kier molecular flexibility index (Phi) is 6.29. The Bertz CT molecular complexity index is 746. The number of para-hydroxylation sites is 1. The number of carbonyl (C=O) groups is 1. The van der Waals surface area contributed by atoms with E-state index in [1.165, 1.54) is 9.75 Å². The summed E-state index contributed by atoms with van der Waals surface area (Å²) in [6.07, 6.45) is 2.69. The van der Waals surface area contributed by atoms with E-state index in [1.807, 2.05) is 17.0 Å². The molecule has 0 radical (unpaired) electrons. The molecule has 1 saturated heterocycles. The normalized spacial score (nSPS) is 19.6. The molecule has 6 heteroatoms. The number of aryl methyl sites for hydroxylation is 1. The lowest BCUT2D eigenvalue weighted by Gasteiger charge is -2.25. The quantitative estimate of drug-likeness (QED) is 0.695. The number of phenolic OH excluding ortho intramolecular Hbond substituents is 1. The molecule has 5 nitrogen and oxygen atoms in total. The molecule has 1 amide bonds. The van der Waals surface area contributed by atoms with E-state index in [2.05, 4.69) is 36.8 Å². The third-order valence-electron chi connectivity index (χ3n) is 4.75. The summed E-state index contributed by atoms with van der Waals surface area (Å²) < 4.78 is 0. The van der Waals surface area contributed by atoms with E-state index >= 15 is 0 Å². The Morgan fingerprint density at radius 3 is 2.77 bits per heavy atom. The molecule has 2 aromatic rings. The molecule has 1 aromatic carbocycles. The Morgan fingerprint density at radius 1 is 1.27 bits per heavy atom. The van der Waals surface area contributed by atoms with Crippen LogP contribution in [0, 0.1) is 6.92 Å². The van der Waals surface area contributed by atoms with Crippen LogP contribution in [0.1, 0.15) is 47.5 Å². The summed E-state index contributed by atoms with van der Waals surface area (Å²) in [7, 11) is 0. The van der Waals surface area contributed by atoms with Crippen LogP contribution < -0.4 is 10.9 Å². The number of aromatic hydroxyl groups is 1. The molecule has 3 rings (SSSR count). The monoisotopic (exact) mass is 373 g/mol. The molecule has 2 atom stereocenters. The van der Waals surface area contributed by atoms with E-state index in [9.17, 15) is 9.90 Å². The molecule has 1 aliphatic rings. The summed E-state index contributed by atoms with van der Waals surface area (Å²) in [6, 6.07) is 11.1. The van der Waals surface area contributed by atoms with Crippen molar-refractivity contribution in [3.8, 4) is 5.75 Å². The lowest BCUT2D eigenvalue weighted by atomic mass is 10.0. The van der Waals surface area contributed by atoms with Crippen molar-refractivity contribution in [2.24, 2.45) is 0 Å². The summed E-state index contributed by atoms with van der Waals surface area (Å²) in [5.41, 5.74) is 7.12. The fourth-order valence-electron chi connectivity index (χ4n) is 3.30. The van der Waals surface area contributed by atoms with Crippen LogP contribution >= 0.6 is 11.3 Å². The predicted molar refractivity (Wildman–Crippen MR) is 105 cm³/mol. The van der Waals surface area contributed by atoms with Gasteiger partial charge in [-0.1, -0.05) is 31.5 Å². The Balaban J connectivity index is 1.67. The maximum absolute atomic E-state index is 13.1. The zero-order valence-electron chi connectivity index (χ0n) is 15.4. The smallest absolute Gasteiger partial charge is 0.241 e. The van der Waals surface area contributed by atoms with Crippen molar-refractivity contribution >= 4 is 17.2 Å². The van der Waals surface area contributed by atoms with Crippen molar-refractivity contribution in [2.45, 2.75) is 51.7 Å². The number of carbonyl (C=O) groups excluding carboxylic acids is 1. The fraction of sp³-hybridized carbons (Fsp3) is 0.450. The van der Waals surface area contributed by atoms with Gasteiger partial charge in [0.2, 0.25) is 5.91 Å². The lowest BCUT2D eigenvalue weighted by Crippen LogP contribution is -2.45. The van der Waals surface area contributed by atoms with Gasteiger partial charge in [0.25, 0.3) is 0 Å². The third kappa shape index (κ3) is 4.44. The molecule has 2 unspecified atom stereocenters. The molecule has 1 aliphatic heterocycles. The summed E-state index contributed by atoms with van der Waals surface area (Å²) in [4.78, 5) is 17.5. The molecule has 0 bridgehead atoms. The highest BCUT2D eigenvalue weighted by Gasteiger charge is 2.33. The summed E-state index contributed by atoms with van der Waals surface area (Å²) >= 11 is 1.75. The number of phenols is 1. The van der Waals surface area contributed by atoms with Crippen molar-refractivity contribution in [1.82, 2.24) is 15.8 Å². The van der Waals surface area contributed by atoms with Gasteiger partial charge in [-0.05, 0) is 38.0 Å². The largest absolute Gasteiger partial charge is 0.508 e. The minimum absolute atomic E-state index is 0.0674. The Labute approximate surface area is 159 Å². The van der Waals surface area contributed by atoms with Crippen LogP contribution in [0.3, 0.4) is 0 Å². The number of hydrogen-bond donors (Lipinski definition) is 3. The topological polar surface area (TPSA) is 64.6 Å². The molecule has 2 heterocycles. The summed E-state index contributed by atoms with van der Waals surface area (Å²) in [5.74, 6) is 0.381. The Hall–Kier alpha value is -1.89. The van der Waals surface area contributed by atoms with E-state index < -0.39 is 0 Å². The van der Waals surface area contributed by atoms with Gasteiger partial charge in [0.15, 0.2) is 0 Å². The van der Waals surface area contributed by atoms with E-state index in [4.69, 9.17) is 0 Å². The molecule has 0 saturated carbocycles. The fourth-order valence-corrected chi connectivity index (χ4v) is 4.21. The highest BCUT2D eigenvalue weighted by molar-refractivity contribution is 7.11. The first-order valence-electron chi connectivity index (χ1n) is 9.21. The number of amides is 1. The standard InChI is InChI=1S/C20H27N3O2S/c1-3-4-11-23(13-15-10-9-14(2)26-15)20(25)18-12-17(21-22-18)16-7-5-6-8-19(16)24/h5-10,17-18,21-22,24H,3-4,11-13H2,1-2H3. The number of rotatable bonds is 7. The second-order valence-corrected chi connectivity index (χ2v) is 8.19. The van der Waals surface area contributed by atoms with E-state index in [1.54, 1.807) is 23.5 Å². The highest BCUT2D eigenvalue weighted by Crippen LogP contribution is 2.30. The van der Waals surface area contributed by atoms with E-state index in [0.29, 0.717) is 13.0 Å². The first-order chi connectivity index (χ1) is 12.6. The minimum atomic E-state index is -0.280. The van der Waals surface area contributed by atoms with Gasteiger partial charge >= 0.3 is 0 Å². The van der Waals surface area contributed by atoms with Gasteiger partial charge in [-0.15, -0.1) is 11.3 Å². The summed E-state index contributed by atoms with van der Waals surface area (Å²) in [5, 5.41) is 10.1. The molecule has 0 aliphatic carbocycles. The first kappa shape index (κ1) is 18.9. The third-order valence-corrected chi connectivity index (χ3v) is 5.73. The number of hydrazine groups is 1. The molecule has 26 heavy (non-hydrogen) atoms. The lowest BCUT2D eigenvalue weighted by molar-refractivity contribution is -0.133. The zero-order chi connectivity index (χ0) is 18.5. The van der Waals surface area contributed by atoms with Gasteiger partial charge in [0.1, 0.15) is 11.8 Å².